The number of carbonyl (C=O) groups excluding carboxylic acids is 4. The van der Waals surface area contributed by atoms with Crippen molar-refractivity contribution in [1.82, 2.24) is 16.0 Å². The maximum atomic E-state index is 13.1. The van der Waals surface area contributed by atoms with Gasteiger partial charge in [-0.1, -0.05) is 20.3 Å². The van der Waals surface area contributed by atoms with Gasteiger partial charge in [-0.2, -0.15) is 11.8 Å². The number of hydrogen-bond donors (Lipinski definition) is 8. The standard InChI is InChI=1S/C21H40N8O6S/c1-4-11(2)16(19(33)28-14(20(34)35)10-15(23)30)29-18(32)13(6-5-8-26-21(24)25)27-17(31)12(22)7-9-36-3/h11-14,16H,4-10,22H2,1-3H3,(H2,23,30)(H,27,31)(H,28,33)(H,29,32)(H,34,35)(H4,24,25,26). The minimum atomic E-state index is -1.55. The van der Waals surface area contributed by atoms with Crippen molar-refractivity contribution in [3.8, 4) is 0 Å². The molecule has 5 atom stereocenters. The fourth-order valence-electron chi connectivity index (χ4n) is 3.05. The van der Waals surface area contributed by atoms with E-state index in [9.17, 15) is 29.1 Å². The lowest BCUT2D eigenvalue weighted by Gasteiger charge is -2.28. The molecule has 0 aliphatic carbocycles. The lowest BCUT2D eigenvalue weighted by Crippen LogP contribution is -2.59. The molecule has 0 rings (SSSR count). The van der Waals surface area contributed by atoms with Crippen molar-refractivity contribution in [2.45, 2.75) is 70.1 Å². The maximum Gasteiger partial charge on any atom is 0.326 e. The Morgan fingerprint density at radius 2 is 1.56 bits per heavy atom. The molecule has 0 spiro atoms. The van der Waals surface area contributed by atoms with Crippen LogP contribution in [0.2, 0.25) is 0 Å². The molecule has 0 aromatic carbocycles. The largest absolute Gasteiger partial charge is 0.480 e. The minimum absolute atomic E-state index is 0.114. The number of thioether (sulfide) groups is 1. The first-order valence-electron chi connectivity index (χ1n) is 11.6. The van der Waals surface area contributed by atoms with Crippen LogP contribution < -0.4 is 38.9 Å². The number of carbonyl (C=O) groups is 5. The van der Waals surface area contributed by atoms with E-state index in [0.717, 1.165) is 0 Å². The molecule has 0 fully saturated rings. The Hall–Kier alpha value is -3.07. The molecule has 0 radical (unpaired) electrons. The highest BCUT2D eigenvalue weighted by molar-refractivity contribution is 7.98. The van der Waals surface area contributed by atoms with E-state index >= 15 is 0 Å². The van der Waals surface area contributed by atoms with Crippen molar-refractivity contribution in [3.63, 3.8) is 0 Å². The molecule has 0 saturated heterocycles. The van der Waals surface area contributed by atoms with Crippen molar-refractivity contribution < 1.29 is 29.1 Å². The number of amides is 4. The monoisotopic (exact) mass is 532 g/mol. The number of nitrogens with one attached hydrogen (secondary N) is 3. The number of carboxylic acids is 1. The van der Waals surface area contributed by atoms with E-state index < -0.39 is 66.1 Å². The van der Waals surface area contributed by atoms with Crippen LogP contribution in [-0.2, 0) is 24.0 Å². The molecule has 0 aliphatic heterocycles. The van der Waals surface area contributed by atoms with E-state index in [1.165, 1.54) is 11.8 Å². The fraction of sp³-hybridized carbons (Fsp3) is 0.714. The summed E-state index contributed by atoms with van der Waals surface area (Å²) in [4.78, 5) is 65.0. The van der Waals surface area contributed by atoms with Crippen LogP contribution in [0.3, 0.4) is 0 Å². The molecule has 206 valence electrons. The second-order valence-corrected chi connectivity index (χ2v) is 9.33. The first-order valence-corrected chi connectivity index (χ1v) is 12.9. The van der Waals surface area contributed by atoms with Gasteiger partial charge in [0.05, 0.1) is 12.5 Å². The number of nitrogens with zero attached hydrogens (tertiary/aromatic N) is 1. The van der Waals surface area contributed by atoms with E-state index in [4.69, 9.17) is 22.9 Å². The van der Waals surface area contributed by atoms with Gasteiger partial charge in [-0.3, -0.25) is 24.2 Å². The normalized spacial score (nSPS) is 14.9. The molecule has 0 aromatic heterocycles. The van der Waals surface area contributed by atoms with Crippen LogP contribution in [-0.4, -0.2) is 83.4 Å². The summed E-state index contributed by atoms with van der Waals surface area (Å²) >= 11 is 1.53. The van der Waals surface area contributed by atoms with Crippen LogP contribution in [0, 0.1) is 5.92 Å². The van der Waals surface area contributed by atoms with Gasteiger partial charge in [0, 0.05) is 6.54 Å². The van der Waals surface area contributed by atoms with Crippen LogP contribution in [0.25, 0.3) is 0 Å². The summed E-state index contributed by atoms with van der Waals surface area (Å²) in [6.45, 7) is 3.69. The van der Waals surface area contributed by atoms with Crippen molar-refractivity contribution >= 4 is 47.3 Å². The van der Waals surface area contributed by atoms with Crippen LogP contribution in [0.15, 0.2) is 4.99 Å². The SMILES string of the molecule is CCC(C)C(NC(=O)C(CCCN=C(N)N)NC(=O)C(N)CCSC)C(=O)NC(CC(N)=O)C(=O)O. The molecule has 0 heterocycles. The highest BCUT2D eigenvalue weighted by Gasteiger charge is 2.33. The Kier molecular flexibility index (Phi) is 15.9. The highest BCUT2D eigenvalue weighted by atomic mass is 32.2. The van der Waals surface area contributed by atoms with Gasteiger partial charge in [-0.25, -0.2) is 4.79 Å². The number of carboxylic acid groups (broad SMARTS) is 1. The van der Waals surface area contributed by atoms with Crippen LogP contribution in [0.5, 0.6) is 0 Å². The van der Waals surface area contributed by atoms with E-state index in [2.05, 4.69) is 20.9 Å². The fourth-order valence-corrected chi connectivity index (χ4v) is 3.54. The third-order valence-electron chi connectivity index (χ3n) is 5.36. The molecule has 0 saturated carbocycles. The summed E-state index contributed by atoms with van der Waals surface area (Å²) in [5, 5.41) is 16.8. The van der Waals surface area contributed by atoms with Gasteiger partial charge in [0.2, 0.25) is 23.6 Å². The number of guanidine groups is 1. The molecule has 12 N–H and O–H groups in total. The van der Waals surface area contributed by atoms with Crippen molar-refractivity contribution in [2.24, 2.45) is 33.8 Å². The van der Waals surface area contributed by atoms with Gasteiger partial charge in [0.1, 0.15) is 18.1 Å². The number of aliphatic imine (C=N–C) groups is 1. The number of hydrogen-bond acceptors (Lipinski definition) is 8. The van der Waals surface area contributed by atoms with Gasteiger partial charge in [-0.15, -0.1) is 0 Å². The molecule has 0 aromatic rings. The first kappa shape index (κ1) is 32.9. The van der Waals surface area contributed by atoms with Gasteiger partial charge < -0.3 is 44.0 Å². The van der Waals surface area contributed by atoms with Gasteiger partial charge in [-0.05, 0) is 37.2 Å². The summed E-state index contributed by atoms with van der Waals surface area (Å²) in [6.07, 6.45) is 2.63. The van der Waals surface area contributed by atoms with Gasteiger partial charge in [0.15, 0.2) is 5.96 Å². The predicted octanol–water partition coefficient (Wildman–Crippen LogP) is -2.42. The molecular formula is C21H40N8O6S. The Morgan fingerprint density at radius 3 is 2.06 bits per heavy atom. The highest BCUT2D eigenvalue weighted by Crippen LogP contribution is 2.11. The average Bonchev–Trinajstić information content (AvgIpc) is 2.80. The van der Waals surface area contributed by atoms with Crippen molar-refractivity contribution in [3.05, 3.63) is 0 Å². The summed E-state index contributed by atoms with van der Waals surface area (Å²) in [7, 11) is 0. The third kappa shape index (κ3) is 13.1. The molecule has 0 aliphatic rings. The maximum absolute atomic E-state index is 13.1. The van der Waals surface area contributed by atoms with E-state index in [0.29, 0.717) is 25.0 Å². The van der Waals surface area contributed by atoms with Crippen molar-refractivity contribution in [1.29, 1.82) is 0 Å². The zero-order chi connectivity index (χ0) is 27.8. The number of rotatable bonds is 18. The topological polar surface area (TPSA) is 258 Å². The van der Waals surface area contributed by atoms with Gasteiger partial charge >= 0.3 is 5.97 Å². The zero-order valence-electron chi connectivity index (χ0n) is 21.0. The molecule has 5 unspecified atom stereocenters. The molecule has 14 nitrogen and oxygen atoms in total. The van der Waals surface area contributed by atoms with Crippen LogP contribution in [0.1, 0.15) is 46.0 Å². The summed E-state index contributed by atoms with van der Waals surface area (Å²) in [6, 6.07) is -4.57. The third-order valence-corrected chi connectivity index (χ3v) is 6.01. The Morgan fingerprint density at radius 1 is 0.944 bits per heavy atom. The smallest absolute Gasteiger partial charge is 0.326 e. The Bertz CT molecular complexity index is 792. The van der Waals surface area contributed by atoms with E-state index in [1.54, 1.807) is 13.8 Å². The molecule has 36 heavy (non-hydrogen) atoms. The van der Waals surface area contributed by atoms with Crippen LogP contribution >= 0.6 is 11.8 Å². The summed E-state index contributed by atoms with van der Waals surface area (Å²) in [5.74, 6) is -4.20. The Balaban J connectivity index is 5.64. The second kappa shape index (κ2) is 17.4. The second-order valence-electron chi connectivity index (χ2n) is 8.34. The lowest BCUT2D eigenvalue weighted by molar-refractivity contribution is -0.144. The number of primary amides is 1. The molecular weight excluding hydrogens is 492 g/mol. The zero-order valence-corrected chi connectivity index (χ0v) is 21.8. The quantitative estimate of drug-likeness (QED) is 0.0526. The minimum Gasteiger partial charge on any atom is -0.480 e. The predicted molar refractivity (Wildman–Crippen MR) is 138 cm³/mol. The molecule has 15 heteroatoms. The number of nitrogens with two attached hydrogens (primary N) is 4. The summed E-state index contributed by atoms with van der Waals surface area (Å²) < 4.78 is 0. The number of aliphatic carboxylic acids is 1. The summed E-state index contributed by atoms with van der Waals surface area (Å²) in [5.41, 5.74) is 21.6. The molecule has 0 bridgehead atoms. The van der Waals surface area contributed by atoms with Crippen molar-refractivity contribution in [2.75, 3.05) is 18.6 Å². The van der Waals surface area contributed by atoms with Crippen LogP contribution in [0.4, 0.5) is 0 Å². The average molecular weight is 533 g/mol. The van der Waals surface area contributed by atoms with E-state index in [-0.39, 0.29) is 18.9 Å². The van der Waals surface area contributed by atoms with Gasteiger partial charge in [0.25, 0.3) is 0 Å². The lowest BCUT2D eigenvalue weighted by atomic mass is 9.97. The van der Waals surface area contributed by atoms with E-state index in [1.807, 2.05) is 6.26 Å². The molecule has 4 amide bonds. The Labute approximate surface area is 215 Å². The first-order chi connectivity index (χ1) is 16.8.